The highest BCUT2D eigenvalue weighted by atomic mass is 127. The van der Waals surface area contributed by atoms with Crippen molar-refractivity contribution in [3.63, 3.8) is 0 Å². The van der Waals surface area contributed by atoms with Gasteiger partial charge in [0.05, 0.1) is 10.5 Å². The summed E-state index contributed by atoms with van der Waals surface area (Å²) < 4.78 is 29.7. The van der Waals surface area contributed by atoms with E-state index < -0.39 is 14.6 Å². The number of para-hydroxylation sites is 1. The number of fused-ring (bicyclic) bond motifs is 1. The minimum atomic E-state index is -3.08. The smallest absolute Gasteiger partial charge is 0.194 e. The van der Waals surface area contributed by atoms with Gasteiger partial charge in [-0.2, -0.15) is 0 Å². The molecule has 1 fully saturated rings. The van der Waals surface area contributed by atoms with Crippen LogP contribution in [0.3, 0.4) is 0 Å². The molecule has 3 rings (SSSR count). The van der Waals surface area contributed by atoms with Gasteiger partial charge in [0, 0.05) is 30.6 Å². The lowest BCUT2D eigenvalue weighted by atomic mass is 10.1. The topological polar surface area (TPSA) is 74.9 Å². The maximum absolute atomic E-state index is 12.3. The molecule has 0 unspecified atom stereocenters. The van der Waals surface area contributed by atoms with Crippen LogP contribution in [0.25, 0.3) is 11.0 Å². The lowest BCUT2D eigenvalue weighted by Gasteiger charge is -2.39. The minimum absolute atomic E-state index is 0. The van der Waals surface area contributed by atoms with E-state index in [0.717, 1.165) is 34.8 Å². The molecule has 0 aliphatic carbocycles. The van der Waals surface area contributed by atoms with Crippen molar-refractivity contribution < 1.29 is 12.8 Å². The van der Waals surface area contributed by atoms with Crippen LogP contribution in [0.1, 0.15) is 32.1 Å². The summed E-state index contributed by atoms with van der Waals surface area (Å²) in [6.07, 6.45) is 0. The molecule has 0 atom stereocenters. The van der Waals surface area contributed by atoms with Crippen molar-refractivity contribution in [2.75, 3.05) is 25.4 Å². The molecule has 150 valence electrons. The molecule has 2 heterocycles. The predicted octanol–water partition coefficient (Wildman–Crippen LogP) is 3.33. The summed E-state index contributed by atoms with van der Waals surface area (Å²) in [5.74, 6) is 1.72. The third kappa shape index (κ3) is 4.42. The standard InChI is InChI=1S/C19H27N3O3S.HI/c1-5-20-18(22-10-11-26(23,24)19(3,4)13-22)21-12-17-14(2)15-8-6-7-9-16(15)25-17;/h6-9H,5,10-13H2,1-4H3,(H,20,21);1H. The van der Waals surface area contributed by atoms with Crippen LogP contribution in [-0.2, 0) is 16.4 Å². The highest BCUT2D eigenvalue weighted by Gasteiger charge is 2.40. The van der Waals surface area contributed by atoms with E-state index >= 15 is 0 Å². The maximum Gasteiger partial charge on any atom is 0.194 e. The number of aliphatic imine (C=N–C) groups is 1. The van der Waals surface area contributed by atoms with Gasteiger partial charge in [-0.3, -0.25) is 0 Å². The molecule has 1 aliphatic heterocycles. The second kappa shape index (κ2) is 8.38. The summed E-state index contributed by atoms with van der Waals surface area (Å²) in [5, 5.41) is 4.38. The Bertz CT molecular complexity index is 935. The average Bonchev–Trinajstić information content (AvgIpc) is 2.91. The zero-order valence-corrected chi connectivity index (χ0v) is 19.4. The summed E-state index contributed by atoms with van der Waals surface area (Å²) in [7, 11) is -3.08. The molecular formula is C19H28IN3O3S. The number of guanidine groups is 1. The Hall–Kier alpha value is -1.29. The van der Waals surface area contributed by atoms with Gasteiger partial charge in [0.25, 0.3) is 0 Å². The molecule has 6 nitrogen and oxygen atoms in total. The monoisotopic (exact) mass is 505 g/mol. The molecule has 1 aromatic heterocycles. The van der Waals surface area contributed by atoms with Crippen LogP contribution in [0.4, 0.5) is 0 Å². The first-order chi connectivity index (χ1) is 12.2. The van der Waals surface area contributed by atoms with E-state index in [0.29, 0.717) is 19.6 Å². The van der Waals surface area contributed by atoms with Gasteiger partial charge in [0.1, 0.15) is 17.9 Å². The third-order valence-electron chi connectivity index (χ3n) is 4.99. The molecule has 8 heteroatoms. The first kappa shape index (κ1) is 22.0. The summed E-state index contributed by atoms with van der Waals surface area (Å²) in [6, 6.07) is 7.96. The third-order valence-corrected chi connectivity index (χ3v) is 7.53. The van der Waals surface area contributed by atoms with Crippen molar-refractivity contribution in [2.24, 2.45) is 4.99 Å². The molecule has 0 radical (unpaired) electrons. The van der Waals surface area contributed by atoms with Crippen LogP contribution >= 0.6 is 24.0 Å². The first-order valence-electron chi connectivity index (χ1n) is 8.98. The van der Waals surface area contributed by atoms with Crippen LogP contribution < -0.4 is 5.32 Å². The van der Waals surface area contributed by atoms with Gasteiger partial charge in [-0.1, -0.05) is 18.2 Å². The lowest BCUT2D eigenvalue weighted by Crippen LogP contribution is -2.57. The summed E-state index contributed by atoms with van der Waals surface area (Å²) in [4.78, 5) is 6.75. The number of nitrogens with one attached hydrogen (secondary N) is 1. The van der Waals surface area contributed by atoms with Gasteiger partial charge >= 0.3 is 0 Å². The maximum atomic E-state index is 12.3. The molecule has 0 amide bonds. The second-order valence-corrected chi connectivity index (χ2v) is 10.1. The molecule has 1 N–H and O–H groups in total. The van der Waals surface area contributed by atoms with Crippen LogP contribution in [0.15, 0.2) is 33.7 Å². The quantitative estimate of drug-likeness (QED) is 0.394. The van der Waals surface area contributed by atoms with Gasteiger partial charge < -0.3 is 14.6 Å². The van der Waals surface area contributed by atoms with Gasteiger partial charge in [-0.25, -0.2) is 13.4 Å². The van der Waals surface area contributed by atoms with Gasteiger partial charge in [0.15, 0.2) is 15.8 Å². The Balaban J connectivity index is 0.00000261. The number of benzene rings is 1. The van der Waals surface area contributed by atoms with E-state index in [1.807, 2.05) is 43.0 Å². The van der Waals surface area contributed by atoms with Crippen molar-refractivity contribution in [1.29, 1.82) is 0 Å². The van der Waals surface area contributed by atoms with Crippen LogP contribution in [0, 0.1) is 6.92 Å². The SMILES string of the molecule is CCNC(=NCc1oc2ccccc2c1C)N1CCS(=O)(=O)C(C)(C)C1.I. The summed E-state index contributed by atoms with van der Waals surface area (Å²) >= 11 is 0. The lowest BCUT2D eigenvalue weighted by molar-refractivity contribution is 0.352. The normalized spacial score (nSPS) is 19.0. The molecular weight excluding hydrogens is 477 g/mol. The molecule has 0 bridgehead atoms. The fourth-order valence-electron chi connectivity index (χ4n) is 3.27. The summed E-state index contributed by atoms with van der Waals surface area (Å²) in [6.45, 7) is 9.64. The van der Waals surface area contributed by atoms with Crippen molar-refractivity contribution in [3.8, 4) is 0 Å². The fourth-order valence-corrected chi connectivity index (χ4v) is 4.64. The van der Waals surface area contributed by atoms with E-state index in [-0.39, 0.29) is 29.7 Å². The van der Waals surface area contributed by atoms with Crippen molar-refractivity contribution in [1.82, 2.24) is 10.2 Å². The Morgan fingerprint density at radius 3 is 2.67 bits per heavy atom. The van der Waals surface area contributed by atoms with Gasteiger partial charge in [-0.15, -0.1) is 24.0 Å². The van der Waals surface area contributed by atoms with E-state index in [1.54, 1.807) is 13.8 Å². The van der Waals surface area contributed by atoms with E-state index in [9.17, 15) is 8.42 Å². The fraction of sp³-hybridized carbons (Fsp3) is 0.526. The largest absolute Gasteiger partial charge is 0.459 e. The van der Waals surface area contributed by atoms with Crippen LogP contribution in [0.2, 0.25) is 0 Å². The van der Waals surface area contributed by atoms with Crippen molar-refractivity contribution in [2.45, 2.75) is 39.0 Å². The van der Waals surface area contributed by atoms with E-state index in [1.165, 1.54) is 0 Å². The minimum Gasteiger partial charge on any atom is -0.459 e. The number of hydrogen-bond acceptors (Lipinski definition) is 4. The van der Waals surface area contributed by atoms with Gasteiger partial charge in [0.2, 0.25) is 0 Å². The Kier molecular flexibility index (Phi) is 6.83. The molecule has 2 aromatic rings. The zero-order valence-electron chi connectivity index (χ0n) is 16.3. The highest BCUT2D eigenvalue weighted by Crippen LogP contribution is 2.26. The van der Waals surface area contributed by atoms with E-state index in [2.05, 4.69) is 5.32 Å². The Morgan fingerprint density at radius 1 is 1.33 bits per heavy atom. The van der Waals surface area contributed by atoms with Gasteiger partial charge in [-0.05, 0) is 33.8 Å². The van der Waals surface area contributed by atoms with Crippen LogP contribution in [0.5, 0.6) is 0 Å². The van der Waals surface area contributed by atoms with E-state index in [4.69, 9.17) is 9.41 Å². The zero-order chi connectivity index (χ0) is 18.9. The second-order valence-electron chi connectivity index (χ2n) is 7.32. The average molecular weight is 505 g/mol. The first-order valence-corrected chi connectivity index (χ1v) is 10.6. The number of furan rings is 1. The number of hydrogen-bond donors (Lipinski definition) is 1. The van der Waals surface area contributed by atoms with Crippen molar-refractivity contribution >= 4 is 50.7 Å². The predicted molar refractivity (Wildman–Crippen MR) is 121 cm³/mol. The number of halogens is 1. The molecule has 0 saturated carbocycles. The molecule has 1 aliphatic rings. The molecule has 27 heavy (non-hydrogen) atoms. The number of rotatable bonds is 3. The Labute approximate surface area is 178 Å². The van der Waals surface area contributed by atoms with Crippen molar-refractivity contribution in [3.05, 3.63) is 35.6 Å². The number of sulfone groups is 1. The molecule has 1 saturated heterocycles. The van der Waals surface area contributed by atoms with Crippen LogP contribution in [-0.4, -0.2) is 49.4 Å². The molecule has 0 spiro atoms. The Morgan fingerprint density at radius 2 is 2.04 bits per heavy atom. The number of nitrogens with zero attached hydrogens (tertiary/aromatic N) is 2. The highest BCUT2D eigenvalue weighted by molar-refractivity contribution is 14.0. The number of aryl methyl sites for hydroxylation is 1. The molecule has 1 aromatic carbocycles. The summed E-state index contributed by atoms with van der Waals surface area (Å²) in [5.41, 5.74) is 1.96.